The molecule has 0 spiro atoms. The molecule has 7 nitrogen and oxygen atoms in total. The van der Waals surface area contributed by atoms with E-state index in [-0.39, 0.29) is 12.8 Å². The van der Waals surface area contributed by atoms with Gasteiger partial charge in [-0.2, -0.15) is 0 Å². The SMILES string of the molecule is COc1cc(C2=NC(C)N=C(C)C2C(=O)OCC=C(C)C)cc(OC)c1OC. The molecule has 1 heterocycles. The molecule has 1 aromatic rings. The second kappa shape index (κ2) is 9.39. The van der Waals surface area contributed by atoms with Crippen molar-refractivity contribution in [3.8, 4) is 17.2 Å². The molecule has 0 radical (unpaired) electrons. The molecule has 2 atom stereocenters. The van der Waals surface area contributed by atoms with Crippen LogP contribution in [0.25, 0.3) is 0 Å². The summed E-state index contributed by atoms with van der Waals surface area (Å²) < 4.78 is 21.7. The van der Waals surface area contributed by atoms with Gasteiger partial charge >= 0.3 is 5.97 Å². The monoisotopic (exact) mass is 388 g/mol. The molecular weight excluding hydrogens is 360 g/mol. The zero-order valence-electron chi connectivity index (χ0n) is 17.5. The van der Waals surface area contributed by atoms with Crippen LogP contribution in [-0.2, 0) is 9.53 Å². The molecule has 1 aliphatic heterocycles. The Morgan fingerprint density at radius 1 is 1.07 bits per heavy atom. The van der Waals surface area contributed by atoms with Crippen LogP contribution in [0.3, 0.4) is 0 Å². The Kier molecular flexibility index (Phi) is 7.20. The van der Waals surface area contributed by atoms with Gasteiger partial charge in [-0.05, 0) is 45.9 Å². The standard InChI is InChI=1S/C21H28N2O5/c1-12(2)8-9-28-21(24)18-13(3)22-14(4)23-19(18)15-10-16(25-5)20(27-7)17(11-15)26-6/h8,10-11,14,18H,9H2,1-7H3. The van der Waals surface area contributed by atoms with E-state index in [1.165, 1.54) is 0 Å². The second-order valence-corrected chi connectivity index (χ2v) is 6.68. The van der Waals surface area contributed by atoms with Crippen LogP contribution in [0.4, 0.5) is 0 Å². The number of carbonyl (C=O) groups is 1. The molecule has 1 aromatic carbocycles. The summed E-state index contributed by atoms with van der Waals surface area (Å²) >= 11 is 0. The van der Waals surface area contributed by atoms with E-state index in [0.717, 1.165) is 5.57 Å². The highest BCUT2D eigenvalue weighted by atomic mass is 16.5. The minimum absolute atomic E-state index is 0.211. The van der Waals surface area contributed by atoms with Crippen LogP contribution in [0.15, 0.2) is 33.8 Å². The highest BCUT2D eigenvalue weighted by molar-refractivity contribution is 6.26. The third-order valence-corrected chi connectivity index (χ3v) is 4.32. The molecule has 28 heavy (non-hydrogen) atoms. The van der Waals surface area contributed by atoms with E-state index in [9.17, 15) is 4.79 Å². The maximum Gasteiger partial charge on any atom is 0.321 e. The first-order valence-electron chi connectivity index (χ1n) is 9.04. The van der Waals surface area contributed by atoms with Crippen molar-refractivity contribution in [2.24, 2.45) is 15.9 Å². The van der Waals surface area contributed by atoms with Crippen molar-refractivity contribution < 1.29 is 23.7 Å². The van der Waals surface area contributed by atoms with Crippen molar-refractivity contribution in [2.75, 3.05) is 27.9 Å². The number of aliphatic imine (C=N–C) groups is 2. The largest absolute Gasteiger partial charge is 0.493 e. The summed E-state index contributed by atoms with van der Waals surface area (Å²) in [5.41, 5.74) is 3.00. The van der Waals surface area contributed by atoms with Crippen LogP contribution in [0, 0.1) is 5.92 Å². The molecule has 2 unspecified atom stereocenters. The number of hydrogen-bond donors (Lipinski definition) is 0. The summed E-state index contributed by atoms with van der Waals surface area (Å²) in [6.45, 7) is 7.79. The summed E-state index contributed by atoms with van der Waals surface area (Å²) in [5, 5.41) is 0. The molecule has 0 fully saturated rings. The van der Waals surface area contributed by atoms with Crippen LogP contribution in [0.2, 0.25) is 0 Å². The van der Waals surface area contributed by atoms with E-state index in [1.54, 1.807) is 33.5 Å². The van der Waals surface area contributed by atoms with Crippen molar-refractivity contribution in [3.05, 3.63) is 29.3 Å². The summed E-state index contributed by atoms with van der Waals surface area (Å²) in [4.78, 5) is 21.9. The highest BCUT2D eigenvalue weighted by Gasteiger charge is 2.34. The van der Waals surface area contributed by atoms with E-state index < -0.39 is 11.9 Å². The van der Waals surface area contributed by atoms with Crippen molar-refractivity contribution in [3.63, 3.8) is 0 Å². The Morgan fingerprint density at radius 2 is 1.68 bits per heavy atom. The Morgan fingerprint density at radius 3 is 2.18 bits per heavy atom. The van der Waals surface area contributed by atoms with E-state index >= 15 is 0 Å². The lowest BCUT2D eigenvalue weighted by molar-refractivity contribution is -0.142. The third kappa shape index (κ3) is 4.71. The highest BCUT2D eigenvalue weighted by Crippen LogP contribution is 2.39. The van der Waals surface area contributed by atoms with Gasteiger partial charge in [0, 0.05) is 11.3 Å². The molecule has 152 valence electrons. The summed E-state index contributed by atoms with van der Waals surface area (Å²) in [6, 6.07) is 3.56. The number of hydrogen-bond acceptors (Lipinski definition) is 7. The average Bonchev–Trinajstić information content (AvgIpc) is 2.65. The van der Waals surface area contributed by atoms with Gasteiger partial charge in [0.1, 0.15) is 18.7 Å². The van der Waals surface area contributed by atoms with Crippen molar-refractivity contribution in [1.29, 1.82) is 0 Å². The predicted octanol–water partition coefficient (Wildman–Crippen LogP) is 3.45. The zero-order chi connectivity index (χ0) is 20.8. The summed E-state index contributed by atoms with van der Waals surface area (Å²) in [6.07, 6.45) is 1.56. The van der Waals surface area contributed by atoms with Gasteiger partial charge in [0.05, 0.1) is 27.0 Å². The van der Waals surface area contributed by atoms with Gasteiger partial charge in [0.2, 0.25) is 5.75 Å². The Bertz CT molecular complexity index is 797. The van der Waals surface area contributed by atoms with E-state index in [2.05, 4.69) is 9.98 Å². The lowest BCUT2D eigenvalue weighted by Gasteiger charge is -2.25. The van der Waals surface area contributed by atoms with Gasteiger partial charge in [-0.1, -0.05) is 5.57 Å². The lowest BCUT2D eigenvalue weighted by Crippen LogP contribution is -2.36. The van der Waals surface area contributed by atoms with Crippen LogP contribution in [0.5, 0.6) is 17.2 Å². The molecule has 0 saturated heterocycles. The normalized spacial score (nSPS) is 18.5. The number of carbonyl (C=O) groups excluding carboxylic acids is 1. The van der Waals surface area contributed by atoms with Crippen LogP contribution >= 0.6 is 0 Å². The molecule has 0 aliphatic carbocycles. The Labute approximate surface area is 166 Å². The first kappa shape index (κ1) is 21.5. The summed E-state index contributed by atoms with van der Waals surface area (Å²) in [7, 11) is 4.63. The fraction of sp³-hybridized carbons (Fsp3) is 0.476. The van der Waals surface area contributed by atoms with Crippen molar-refractivity contribution in [1.82, 2.24) is 0 Å². The number of esters is 1. The molecule has 0 bridgehead atoms. The van der Waals surface area contributed by atoms with E-state index in [4.69, 9.17) is 18.9 Å². The number of rotatable bonds is 7. The minimum atomic E-state index is -0.690. The van der Waals surface area contributed by atoms with Crippen LogP contribution in [0.1, 0.15) is 33.3 Å². The van der Waals surface area contributed by atoms with Gasteiger partial charge < -0.3 is 18.9 Å². The van der Waals surface area contributed by atoms with Gasteiger partial charge in [-0.25, -0.2) is 0 Å². The second-order valence-electron chi connectivity index (χ2n) is 6.68. The lowest BCUT2D eigenvalue weighted by atomic mass is 9.91. The fourth-order valence-electron chi connectivity index (χ4n) is 3.00. The molecule has 7 heteroatoms. The number of ether oxygens (including phenoxy) is 4. The summed E-state index contributed by atoms with van der Waals surface area (Å²) in [5.74, 6) is 0.377. The Hall–Kier alpha value is -2.83. The van der Waals surface area contributed by atoms with Gasteiger partial charge in [-0.3, -0.25) is 14.8 Å². The molecule has 0 amide bonds. The fourth-order valence-corrected chi connectivity index (χ4v) is 3.00. The number of methoxy groups -OCH3 is 3. The molecule has 0 saturated carbocycles. The van der Waals surface area contributed by atoms with Gasteiger partial charge in [0.15, 0.2) is 11.5 Å². The number of nitrogens with zero attached hydrogens (tertiary/aromatic N) is 2. The quantitative estimate of drug-likeness (QED) is 0.528. The third-order valence-electron chi connectivity index (χ3n) is 4.32. The maximum absolute atomic E-state index is 12.8. The predicted molar refractivity (Wildman–Crippen MR) is 109 cm³/mol. The Balaban J connectivity index is 2.48. The molecule has 0 N–H and O–H groups in total. The first-order valence-corrected chi connectivity index (χ1v) is 9.04. The van der Waals surface area contributed by atoms with E-state index in [1.807, 2.05) is 33.8 Å². The van der Waals surface area contributed by atoms with Crippen LogP contribution in [-0.4, -0.2) is 51.5 Å². The molecule has 1 aliphatic rings. The van der Waals surface area contributed by atoms with Gasteiger partial charge in [0.25, 0.3) is 0 Å². The number of benzene rings is 1. The topological polar surface area (TPSA) is 78.7 Å². The maximum atomic E-state index is 12.8. The number of allylic oxidation sites excluding steroid dienone is 1. The average molecular weight is 388 g/mol. The van der Waals surface area contributed by atoms with Gasteiger partial charge in [-0.15, -0.1) is 0 Å². The molecular formula is C21H28N2O5. The minimum Gasteiger partial charge on any atom is -0.493 e. The van der Waals surface area contributed by atoms with Crippen molar-refractivity contribution in [2.45, 2.75) is 33.9 Å². The zero-order valence-corrected chi connectivity index (χ0v) is 17.5. The van der Waals surface area contributed by atoms with Crippen LogP contribution < -0.4 is 14.2 Å². The first-order chi connectivity index (χ1) is 13.3. The molecule has 2 rings (SSSR count). The molecule has 0 aromatic heterocycles. The van der Waals surface area contributed by atoms with E-state index in [0.29, 0.717) is 34.2 Å². The smallest absolute Gasteiger partial charge is 0.321 e. The van der Waals surface area contributed by atoms with Crippen molar-refractivity contribution >= 4 is 17.4 Å².